The highest BCUT2D eigenvalue weighted by atomic mass is 32.2. The number of aliphatic hydroxyl groups excluding tert-OH is 1. The van der Waals surface area contributed by atoms with Crippen molar-refractivity contribution in [2.75, 3.05) is 25.5 Å². The Morgan fingerprint density at radius 3 is 2.52 bits per heavy atom. The van der Waals surface area contributed by atoms with Crippen LogP contribution in [0.3, 0.4) is 0 Å². The topological polar surface area (TPSA) is 113 Å². The largest absolute Gasteiger partial charge is 0.393 e. The van der Waals surface area contributed by atoms with E-state index in [2.05, 4.69) is 5.32 Å². The molecule has 1 aliphatic heterocycles. The molecule has 1 aromatic rings. The Morgan fingerprint density at radius 2 is 2.00 bits per heavy atom. The fraction of sp³-hybridized carbons (Fsp3) is 0.500. The van der Waals surface area contributed by atoms with Crippen molar-refractivity contribution in [3.8, 4) is 0 Å². The molecular formula is C12H17N3O5S. The Morgan fingerprint density at radius 1 is 1.38 bits per heavy atom. The lowest BCUT2D eigenvalue weighted by Gasteiger charge is -2.28. The number of sulfonamides is 1. The summed E-state index contributed by atoms with van der Waals surface area (Å²) in [6.07, 6.45) is 0.317. The summed E-state index contributed by atoms with van der Waals surface area (Å²) in [6, 6.07) is 3.68. The van der Waals surface area contributed by atoms with Gasteiger partial charge >= 0.3 is 0 Å². The predicted molar refractivity (Wildman–Crippen MR) is 76.6 cm³/mol. The predicted octanol–water partition coefficient (Wildman–Crippen LogP) is 0.782. The van der Waals surface area contributed by atoms with Crippen LogP contribution in [-0.4, -0.2) is 49.0 Å². The van der Waals surface area contributed by atoms with Gasteiger partial charge in [-0.2, -0.15) is 4.31 Å². The maximum Gasteiger partial charge on any atom is 0.292 e. The third-order valence-electron chi connectivity index (χ3n) is 3.50. The third-order valence-corrected chi connectivity index (χ3v) is 5.39. The van der Waals surface area contributed by atoms with Crippen LogP contribution >= 0.6 is 0 Å². The van der Waals surface area contributed by atoms with Crippen molar-refractivity contribution in [2.45, 2.75) is 23.8 Å². The van der Waals surface area contributed by atoms with E-state index in [-0.39, 0.29) is 29.4 Å². The molecule has 0 spiro atoms. The molecule has 9 heteroatoms. The zero-order valence-corrected chi connectivity index (χ0v) is 12.3. The summed E-state index contributed by atoms with van der Waals surface area (Å²) in [5, 5.41) is 22.9. The second-order valence-corrected chi connectivity index (χ2v) is 6.76. The number of nitro benzene ring substituents is 1. The van der Waals surface area contributed by atoms with Crippen molar-refractivity contribution < 1.29 is 18.4 Å². The van der Waals surface area contributed by atoms with Crippen molar-refractivity contribution in [3.63, 3.8) is 0 Å². The van der Waals surface area contributed by atoms with Gasteiger partial charge in [-0.3, -0.25) is 10.1 Å². The van der Waals surface area contributed by atoms with Gasteiger partial charge in [0.15, 0.2) is 0 Å². The number of rotatable bonds is 4. The van der Waals surface area contributed by atoms with Crippen molar-refractivity contribution in [1.82, 2.24) is 4.31 Å². The maximum absolute atomic E-state index is 12.5. The average Bonchev–Trinajstić information content (AvgIpc) is 2.46. The minimum Gasteiger partial charge on any atom is -0.393 e. The Balaban J connectivity index is 2.34. The number of hydrogen-bond donors (Lipinski definition) is 2. The lowest BCUT2D eigenvalue weighted by Crippen LogP contribution is -2.40. The number of benzene rings is 1. The monoisotopic (exact) mass is 315 g/mol. The molecule has 2 N–H and O–H groups in total. The van der Waals surface area contributed by atoms with Crippen molar-refractivity contribution >= 4 is 21.4 Å². The number of aliphatic hydroxyl groups is 1. The molecule has 0 atom stereocenters. The second kappa shape index (κ2) is 5.96. The summed E-state index contributed by atoms with van der Waals surface area (Å²) in [5.74, 6) is 0. The minimum absolute atomic E-state index is 0.00818. The van der Waals surface area contributed by atoms with E-state index in [1.165, 1.54) is 29.6 Å². The lowest BCUT2D eigenvalue weighted by atomic mass is 10.1. The van der Waals surface area contributed by atoms with Gasteiger partial charge in [-0.1, -0.05) is 0 Å². The highest BCUT2D eigenvalue weighted by Crippen LogP contribution is 2.29. The first kappa shape index (κ1) is 15.7. The van der Waals surface area contributed by atoms with Gasteiger partial charge in [0.25, 0.3) is 5.69 Å². The van der Waals surface area contributed by atoms with Gasteiger partial charge in [-0.15, -0.1) is 0 Å². The molecule has 2 rings (SSSR count). The van der Waals surface area contributed by atoms with E-state index in [1.54, 1.807) is 0 Å². The van der Waals surface area contributed by atoms with E-state index in [4.69, 9.17) is 0 Å². The number of nitrogens with one attached hydrogen (secondary N) is 1. The van der Waals surface area contributed by atoms with E-state index < -0.39 is 21.1 Å². The molecule has 21 heavy (non-hydrogen) atoms. The first-order valence-electron chi connectivity index (χ1n) is 6.50. The van der Waals surface area contributed by atoms with Gasteiger partial charge in [0, 0.05) is 26.2 Å². The molecule has 0 unspecified atom stereocenters. The molecule has 0 bridgehead atoms. The second-order valence-electron chi connectivity index (χ2n) is 4.82. The number of nitrogens with zero attached hydrogens (tertiary/aromatic N) is 2. The van der Waals surface area contributed by atoms with Gasteiger partial charge in [-0.05, 0) is 25.0 Å². The van der Waals surface area contributed by atoms with Gasteiger partial charge in [0.2, 0.25) is 10.0 Å². The lowest BCUT2D eigenvalue weighted by molar-refractivity contribution is -0.384. The van der Waals surface area contributed by atoms with Crippen LogP contribution in [0, 0.1) is 10.1 Å². The van der Waals surface area contributed by atoms with Crippen molar-refractivity contribution in [1.29, 1.82) is 0 Å². The molecule has 0 aliphatic carbocycles. The van der Waals surface area contributed by atoms with Crippen molar-refractivity contribution in [3.05, 3.63) is 28.3 Å². The van der Waals surface area contributed by atoms with Crippen LogP contribution in [0.2, 0.25) is 0 Å². The van der Waals surface area contributed by atoms with Crippen LogP contribution in [0.15, 0.2) is 23.1 Å². The summed E-state index contributed by atoms with van der Waals surface area (Å²) >= 11 is 0. The first-order valence-corrected chi connectivity index (χ1v) is 7.94. The molecule has 1 heterocycles. The van der Waals surface area contributed by atoms with Gasteiger partial charge < -0.3 is 10.4 Å². The molecule has 8 nitrogen and oxygen atoms in total. The van der Waals surface area contributed by atoms with Crippen LogP contribution in [0.25, 0.3) is 0 Å². The van der Waals surface area contributed by atoms with E-state index in [0.29, 0.717) is 12.8 Å². The maximum atomic E-state index is 12.5. The van der Waals surface area contributed by atoms with Crippen molar-refractivity contribution in [2.24, 2.45) is 0 Å². The van der Waals surface area contributed by atoms with E-state index in [9.17, 15) is 23.6 Å². The first-order chi connectivity index (χ1) is 9.86. The third kappa shape index (κ3) is 3.14. The summed E-state index contributed by atoms with van der Waals surface area (Å²) in [6.45, 7) is 0.491. The SMILES string of the molecule is CNc1cc(S(=O)(=O)N2CCC(O)CC2)ccc1[N+](=O)[O-]. The molecule has 1 aliphatic rings. The molecule has 1 fully saturated rings. The molecule has 0 amide bonds. The highest BCUT2D eigenvalue weighted by molar-refractivity contribution is 7.89. The van der Waals surface area contributed by atoms with Gasteiger partial charge in [0.05, 0.1) is 15.9 Å². The zero-order valence-electron chi connectivity index (χ0n) is 11.5. The fourth-order valence-corrected chi connectivity index (χ4v) is 3.76. The quantitative estimate of drug-likeness (QED) is 0.627. The molecule has 0 radical (unpaired) electrons. The summed E-state index contributed by atoms with van der Waals surface area (Å²) in [4.78, 5) is 10.3. The molecule has 116 valence electrons. The standard InChI is InChI=1S/C12H17N3O5S/c1-13-11-8-10(2-3-12(11)15(17)18)21(19,20)14-6-4-9(16)5-7-14/h2-3,8-9,13,16H,4-7H2,1H3. The molecule has 1 saturated heterocycles. The normalized spacial score (nSPS) is 17.6. The summed E-state index contributed by atoms with van der Waals surface area (Å²) < 4.78 is 26.3. The number of nitro groups is 1. The smallest absolute Gasteiger partial charge is 0.292 e. The Labute approximate surface area is 122 Å². The van der Waals surface area contributed by atoms with Crippen LogP contribution < -0.4 is 5.32 Å². The Hall–Kier alpha value is -1.71. The van der Waals surface area contributed by atoms with E-state index in [0.717, 1.165) is 0 Å². The van der Waals surface area contributed by atoms with Gasteiger partial charge in [0.1, 0.15) is 5.69 Å². The molecular weight excluding hydrogens is 298 g/mol. The fourth-order valence-electron chi connectivity index (χ4n) is 2.27. The number of anilines is 1. The minimum atomic E-state index is -3.70. The number of hydrogen-bond acceptors (Lipinski definition) is 6. The number of piperidine rings is 1. The van der Waals surface area contributed by atoms with Crippen LogP contribution in [0.4, 0.5) is 11.4 Å². The van der Waals surface area contributed by atoms with Crippen LogP contribution in [-0.2, 0) is 10.0 Å². The zero-order chi connectivity index (χ0) is 15.6. The van der Waals surface area contributed by atoms with Crippen LogP contribution in [0.1, 0.15) is 12.8 Å². The highest BCUT2D eigenvalue weighted by Gasteiger charge is 2.29. The molecule has 1 aromatic carbocycles. The average molecular weight is 315 g/mol. The summed E-state index contributed by atoms with van der Waals surface area (Å²) in [5.41, 5.74) is -0.0244. The Kier molecular flexibility index (Phi) is 4.45. The Bertz CT molecular complexity index is 638. The molecule has 0 saturated carbocycles. The summed E-state index contributed by atoms with van der Waals surface area (Å²) in [7, 11) is -2.20. The van der Waals surface area contributed by atoms with E-state index in [1.807, 2.05) is 0 Å². The van der Waals surface area contributed by atoms with Crippen LogP contribution in [0.5, 0.6) is 0 Å². The molecule has 0 aromatic heterocycles. The van der Waals surface area contributed by atoms with E-state index >= 15 is 0 Å². The van der Waals surface area contributed by atoms with Gasteiger partial charge in [-0.25, -0.2) is 8.42 Å².